The van der Waals surface area contributed by atoms with Crippen molar-refractivity contribution < 1.29 is 23.7 Å². The molecule has 1 atom stereocenters. The Morgan fingerprint density at radius 2 is 1.73 bits per heavy atom. The van der Waals surface area contributed by atoms with Crippen LogP contribution in [0.4, 0.5) is 5.69 Å². The molecule has 0 unspecified atom stereocenters. The average molecular weight is 406 g/mol. The molecular formula is C22H18N2O6. The molecule has 1 aromatic heterocycles. The van der Waals surface area contributed by atoms with E-state index in [9.17, 15) is 19.7 Å². The van der Waals surface area contributed by atoms with Gasteiger partial charge in [0.25, 0.3) is 11.6 Å². The third kappa shape index (κ3) is 4.38. The molecule has 1 aliphatic rings. The van der Waals surface area contributed by atoms with Crippen LogP contribution in [-0.4, -0.2) is 22.8 Å². The molecule has 0 saturated heterocycles. The smallest absolute Gasteiger partial charge is 0.375 e. The molecule has 8 heteroatoms. The fourth-order valence-electron chi connectivity index (χ4n) is 2.92. The Kier molecular flexibility index (Phi) is 5.30. The van der Waals surface area contributed by atoms with Gasteiger partial charge in [-0.3, -0.25) is 14.9 Å². The lowest BCUT2D eigenvalue weighted by atomic mass is 10.1. The number of nitrogens with one attached hydrogen (secondary N) is 1. The summed E-state index contributed by atoms with van der Waals surface area (Å²) in [5.74, 6) is -0.860. The highest BCUT2D eigenvalue weighted by atomic mass is 16.6. The van der Waals surface area contributed by atoms with Crippen LogP contribution in [0.3, 0.4) is 0 Å². The highest BCUT2D eigenvalue weighted by Gasteiger charge is 2.31. The van der Waals surface area contributed by atoms with Crippen LogP contribution >= 0.6 is 0 Å². The largest absolute Gasteiger partial charge is 0.449 e. The van der Waals surface area contributed by atoms with Crippen LogP contribution in [0.15, 0.2) is 71.1 Å². The van der Waals surface area contributed by atoms with Gasteiger partial charge in [0.2, 0.25) is 11.9 Å². The van der Waals surface area contributed by atoms with E-state index < -0.39 is 17.0 Å². The van der Waals surface area contributed by atoms with Crippen LogP contribution in [0.25, 0.3) is 11.3 Å². The maximum Gasteiger partial charge on any atom is 0.375 e. The van der Waals surface area contributed by atoms with E-state index in [0.717, 1.165) is 12.8 Å². The average Bonchev–Trinajstić information content (AvgIpc) is 3.43. The Morgan fingerprint density at radius 3 is 2.37 bits per heavy atom. The number of carbonyl (C=O) groups excluding carboxylic acids is 2. The molecule has 30 heavy (non-hydrogen) atoms. The van der Waals surface area contributed by atoms with Crippen molar-refractivity contribution in [2.24, 2.45) is 0 Å². The minimum Gasteiger partial charge on any atom is -0.449 e. The summed E-state index contributed by atoms with van der Waals surface area (Å²) in [6, 6.07) is 17.7. The highest BCUT2D eigenvalue weighted by Crippen LogP contribution is 2.27. The van der Waals surface area contributed by atoms with Gasteiger partial charge >= 0.3 is 5.97 Å². The van der Waals surface area contributed by atoms with Crippen molar-refractivity contribution in [1.29, 1.82) is 0 Å². The number of non-ortho nitro benzene ring substituents is 1. The van der Waals surface area contributed by atoms with Crippen molar-refractivity contribution in [2.45, 2.75) is 25.0 Å². The van der Waals surface area contributed by atoms with E-state index in [4.69, 9.17) is 9.15 Å². The molecule has 1 aliphatic carbocycles. The summed E-state index contributed by atoms with van der Waals surface area (Å²) >= 11 is 0. The Labute approximate surface area is 171 Å². The second-order valence-corrected chi connectivity index (χ2v) is 6.95. The summed E-state index contributed by atoms with van der Waals surface area (Å²) in [7, 11) is 0. The molecule has 1 heterocycles. The minimum absolute atomic E-state index is 0.0442. The first kappa shape index (κ1) is 19.4. The lowest BCUT2D eigenvalue weighted by molar-refractivity contribution is -0.384. The van der Waals surface area contributed by atoms with Gasteiger partial charge in [-0.1, -0.05) is 30.3 Å². The van der Waals surface area contributed by atoms with E-state index in [-0.39, 0.29) is 23.4 Å². The van der Waals surface area contributed by atoms with E-state index in [2.05, 4.69) is 5.32 Å². The van der Waals surface area contributed by atoms with E-state index in [1.165, 1.54) is 30.3 Å². The lowest BCUT2D eigenvalue weighted by Gasteiger charge is -2.17. The molecule has 152 valence electrons. The molecule has 0 spiro atoms. The van der Waals surface area contributed by atoms with Gasteiger partial charge in [0, 0.05) is 29.3 Å². The Hall–Kier alpha value is -3.94. The van der Waals surface area contributed by atoms with Crippen LogP contribution in [0, 0.1) is 10.1 Å². The number of benzene rings is 2. The SMILES string of the molecule is O=C(O[C@H](C(=O)NC1CC1)c1ccccc1)c1ccc(-c2ccc([N+](=O)[O-])cc2)o1. The van der Waals surface area contributed by atoms with Crippen molar-refractivity contribution in [3.63, 3.8) is 0 Å². The molecule has 4 rings (SSSR count). The lowest BCUT2D eigenvalue weighted by Crippen LogP contribution is -2.33. The predicted octanol–water partition coefficient (Wildman–Crippen LogP) is 4.03. The van der Waals surface area contributed by atoms with Crippen molar-refractivity contribution in [3.8, 4) is 11.3 Å². The van der Waals surface area contributed by atoms with Gasteiger partial charge in [-0.2, -0.15) is 0 Å². The van der Waals surface area contributed by atoms with Gasteiger partial charge in [-0.05, 0) is 37.1 Å². The van der Waals surface area contributed by atoms with E-state index in [1.54, 1.807) is 30.3 Å². The van der Waals surface area contributed by atoms with Gasteiger partial charge in [0.05, 0.1) is 4.92 Å². The van der Waals surface area contributed by atoms with Gasteiger partial charge in [-0.15, -0.1) is 0 Å². The van der Waals surface area contributed by atoms with E-state index in [1.807, 2.05) is 6.07 Å². The normalized spacial score (nSPS) is 14.0. The third-order valence-corrected chi connectivity index (χ3v) is 4.66. The summed E-state index contributed by atoms with van der Waals surface area (Å²) in [5, 5.41) is 13.6. The first-order chi connectivity index (χ1) is 14.5. The van der Waals surface area contributed by atoms with Crippen molar-refractivity contribution in [2.75, 3.05) is 0 Å². The second-order valence-electron chi connectivity index (χ2n) is 6.95. The number of nitro benzene ring substituents is 1. The van der Waals surface area contributed by atoms with Gasteiger partial charge in [-0.25, -0.2) is 4.79 Å². The van der Waals surface area contributed by atoms with Crippen molar-refractivity contribution in [1.82, 2.24) is 5.32 Å². The topological polar surface area (TPSA) is 112 Å². The molecule has 3 aromatic rings. The molecule has 8 nitrogen and oxygen atoms in total. The van der Waals surface area contributed by atoms with Crippen LogP contribution in [0.1, 0.15) is 35.1 Å². The number of esters is 1. The number of hydrogen-bond acceptors (Lipinski definition) is 6. The zero-order valence-electron chi connectivity index (χ0n) is 15.8. The quantitative estimate of drug-likeness (QED) is 0.360. The highest BCUT2D eigenvalue weighted by molar-refractivity contribution is 5.91. The third-order valence-electron chi connectivity index (χ3n) is 4.66. The standard InChI is InChI=1S/C22H18N2O6/c25-21(23-16-8-9-16)20(15-4-2-1-3-5-15)30-22(26)19-13-12-18(29-19)14-6-10-17(11-7-14)24(27)28/h1-7,10-13,16,20H,8-9H2,(H,23,25)/t20-/m0/s1. The maximum atomic E-state index is 12.6. The zero-order valence-corrected chi connectivity index (χ0v) is 15.8. The number of amides is 1. The number of ether oxygens (including phenoxy) is 1. The number of hydrogen-bond donors (Lipinski definition) is 1. The number of rotatable bonds is 7. The van der Waals surface area contributed by atoms with Crippen molar-refractivity contribution in [3.05, 3.63) is 88.2 Å². The molecule has 1 amide bonds. The summed E-state index contributed by atoms with van der Waals surface area (Å²) in [6.07, 6.45) is 0.739. The zero-order chi connectivity index (χ0) is 21.1. The molecule has 0 bridgehead atoms. The molecule has 1 saturated carbocycles. The fraction of sp³-hybridized carbons (Fsp3) is 0.182. The minimum atomic E-state index is -1.09. The number of furan rings is 1. The summed E-state index contributed by atoms with van der Waals surface area (Å²) in [4.78, 5) is 35.5. The summed E-state index contributed by atoms with van der Waals surface area (Å²) in [6.45, 7) is 0. The Bertz CT molecular complexity index is 1070. The predicted molar refractivity (Wildman–Crippen MR) is 107 cm³/mol. The first-order valence-corrected chi connectivity index (χ1v) is 9.42. The maximum absolute atomic E-state index is 12.6. The fourth-order valence-corrected chi connectivity index (χ4v) is 2.92. The van der Waals surface area contributed by atoms with Gasteiger partial charge in [0.15, 0.2) is 0 Å². The molecule has 1 N–H and O–H groups in total. The number of nitrogens with zero attached hydrogens (tertiary/aromatic N) is 1. The van der Waals surface area contributed by atoms with Crippen LogP contribution < -0.4 is 5.32 Å². The summed E-state index contributed by atoms with van der Waals surface area (Å²) < 4.78 is 11.0. The van der Waals surface area contributed by atoms with Crippen LogP contribution in [0.2, 0.25) is 0 Å². The van der Waals surface area contributed by atoms with Crippen LogP contribution in [0.5, 0.6) is 0 Å². The summed E-state index contributed by atoms with van der Waals surface area (Å²) in [5.41, 5.74) is 1.09. The molecule has 0 aliphatic heterocycles. The van der Waals surface area contributed by atoms with Crippen molar-refractivity contribution >= 4 is 17.6 Å². The van der Waals surface area contributed by atoms with Crippen LogP contribution in [-0.2, 0) is 9.53 Å². The van der Waals surface area contributed by atoms with Gasteiger partial charge in [0.1, 0.15) is 5.76 Å². The van der Waals surface area contributed by atoms with E-state index >= 15 is 0 Å². The van der Waals surface area contributed by atoms with Gasteiger partial charge < -0.3 is 14.5 Å². The van der Waals surface area contributed by atoms with E-state index in [0.29, 0.717) is 16.9 Å². The molecule has 1 fully saturated rings. The Morgan fingerprint density at radius 1 is 1.03 bits per heavy atom. The Balaban J connectivity index is 1.51. The molecule has 2 aromatic carbocycles. The monoisotopic (exact) mass is 406 g/mol. The number of carbonyl (C=O) groups is 2. The molecular weight excluding hydrogens is 388 g/mol. The second kappa shape index (κ2) is 8.20. The first-order valence-electron chi connectivity index (χ1n) is 9.42. The number of nitro groups is 1. The molecule has 0 radical (unpaired) electrons.